The molecule has 3 aliphatic heterocycles. The maximum Gasteiger partial charge on any atom is 0.405 e. The molecule has 0 amide bonds. The number of rotatable bonds is 4. The lowest BCUT2D eigenvalue weighted by molar-refractivity contribution is -0.186. The Morgan fingerprint density at radius 2 is 1.81 bits per heavy atom. The zero-order valence-corrected chi connectivity index (χ0v) is 19.6. The van der Waals surface area contributed by atoms with Gasteiger partial charge in [-0.3, -0.25) is 10.2 Å². The molecule has 4 unspecified atom stereocenters. The molecule has 1 saturated carbocycles. The largest absolute Gasteiger partial charge is 0.405 e. The summed E-state index contributed by atoms with van der Waals surface area (Å²) in [5.41, 5.74) is 3.29. The number of nitrogens with zero attached hydrogens (tertiary/aromatic N) is 3. The minimum atomic E-state index is -4.58. The van der Waals surface area contributed by atoms with Crippen molar-refractivity contribution in [3.05, 3.63) is 0 Å². The second-order valence-electron chi connectivity index (χ2n) is 9.51. The Morgan fingerprint density at radius 1 is 1.13 bits per heavy atom. The van der Waals surface area contributed by atoms with Crippen LogP contribution in [0.1, 0.15) is 44.9 Å². The van der Waals surface area contributed by atoms with Crippen molar-refractivity contribution in [2.24, 2.45) is 5.92 Å². The van der Waals surface area contributed by atoms with E-state index in [4.69, 9.17) is 11.6 Å². The van der Waals surface area contributed by atoms with E-state index in [1.54, 1.807) is 0 Å². The van der Waals surface area contributed by atoms with Gasteiger partial charge < -0.3 is 0 Å². The third-order valence-electron chi connectivity index (χ3n) is 7.67. The number of sulfonamides is 1. The summed E-state index contributed by atoms with van der Waals surface area (Å²) >= 11 is 6.30. The second kappa shape index (κ2) is 8.88. The van der Waals surface area contributed by atoms with Gasteiger partial charge in [0.2, 0.25) is 10.0 Å². The van der Waals surface area contributed by atoms with Crippen LogP contribution < -0.4 is 10.7 Å². The number of hydrogen-bond acceptors (Lipinski definition) is 6. The number of likely N-dealkylation sites (tertiary alicyclic amines) is 1. The van der Waals surface area contributed by atoms with E-state index in [-0.39, 0.29) is 17.7 Å². The van der Waals surface area contributed by atoms with Crippen LogP contribution >= 0.6 is 11.6 Å². The van der Waals surface area contributed by atoms with Crippen LogP contribution in [0.15, 0.2) is 0 Å². The standard InChI is InChI=1S/C19H33ClF3N5O2S/c1-26(31(2,29)30)18(19(21,22)23)12-5-7-13(8-6-12)27-9-3-4-14-15(27)11-24-17-10-16(20)25-28(14)17/h12-18,24-25H,3-11H2,1-2H3/t12?,13?,14?,15?,16?,17?,18-/m0/s1. The maximum atomic E-state index is 13.8. The van der Waals surface area contributed by atoms with Crippen LogP contribution in [0.25, 0.3) is 0 Å². The predicted octanol–water partition coefficient (Wildman–Crippen LogP) is 1.91. The average molecular weight is 488 g/mol. The highest BCUT2D eigenvalue weighted by Crippen LogP contribution is 2.41. The number of hydrazine groups is 1. The molecule has 180 valence electrons. The fourth-order valence-corrected chi connectivity index (χ4v) is 7.18. The number of alkyl halides is 4. The second-order valence-corrected chi connectivity index (χ2v) is 12.1. The van der Waals surface area contributed by atoms with Crippen LogP contribution in [0.3, 0.4) is 0 Å². The first-order chi connectivity index (χ1) is 14.5. The number of fused-ring (bicyclic) bond motifs is 3. The van der Waals surface area contributed by atoms with Crippen molar-refractivity contribution >= 4 is 21.6 Å². The van der Waals surface area contributed by atoms with Crippen LogP contribution in [0, 0.1) is 5.92 Å². The highest BCUT2D eigenvalue weighted by Gasteiger charge is 2.52. The number of piperidine rings is 1. The summed E-state index contributed by atoms with van der Waals surface area (Å²) in [5.74, 6) is -0.706. The van der Waals surface area contributed by atoms with Crippen molar-refractivity contribution in [1.82, 2.24) is 25.0 Å². The van der Waals surface area contributed by atoms with E-state index in [9.17, 15) is 21.6 Å². The highest BCUT2D eigenvalue weighted by atomic mass is 35.5. The minimum absolute atomic E-state index is 0.0757. The fraction of sp³-hybridized carbons (Fsp3) is 1.00. The lowest BCUT2D eigenvalue weighted by atomic mass is 9.79. The van der Waals surface area contributed by atoms with Gasteiger partial charge >= 0.3 is 6.18 Å². The Labute approximate surface area is 187 Å². The van der Waals surface area contributed by atoms with Crippen LogP contribution in [-0.2, 0) is 10.0 Å². The first-order valence-electron chi connectivity index (χ1n) is 11.1. The quantitative estimate of drug-likeness (QED) is 0.466. The van der Waals surface area contributed by atoms with Gasteiger partial charge in [0.15, 0.2) is 0 Å². The lowest BCUT2D eigenvalue weighted by Crippen LogP contribution is -2.70. The zero-order chi connectivity index (χ0) is 22.6. The van der Waals surface area contributed by atoms with Gasteiger partial charge in [-0.15, -0.1) is 11.6 Å². The molecule has 12 heteroatoms. The summed E-state index contributed by atoms with van der Waals surface area (Å²) in [5, 5.41) is 5.83. The molecule has 3 heterocycles. The molecule has 4 aliphatic rings. The van der Waals surface area contributed by atoms with Crippen molar-refractivity contribution in [2.75, 3.05) is 26.4 Å². The lowest BCUT2D eigenvalue weighted by Gasteiger charge is -2.53. The molecule has 0 radical (unpaired) electrons. The normalized spacial score (nSPS) is 39.3. The van der Waals surface area contributed by atoms with Crippen molar-refractivity contribution in [1.29, 1.82) is 0 Å². The van der Waals surface area contributed by atoms with Crippen LogP contribution in [0.5, 0.6) is 0 Å². The molecule has 0 bridgehead atoms. The molecule has 1 aliphatic carbocycles. The molecule has 2 N–H and O–H groups in total. The van der Waals surface area contributed by atoms with E-state index in [0.717, 1.165) is 45.7 Å². The topological polar surface area (TPSA) is 67.9 Å². The SMILES string of the molecule is CN([C@@H](C1CCC(N2CCCC3C2CNC2CC(Cl)NN23)CC1)C(F)(F)F)S(C)(=O)=O. The fourth-order valence-electron chi connectivity index (χ4n) is 6.20. The van der Waals surface area contributed by atoms with Gasteiger partial charge in [-0.25, -0.2) is 18.9 Å². The number of hydrogen-bond donors (Lipinski definition) is 2. The van der Waals surface area contributed by atoms with E-state index in [2.05, 4.69) is 20.7 Å². The molecule has 7 nitrogen and oxygen atoms in total. The molecule has 0 aromatic rings. The summed E-state index contributed by atoms with van der Waals surface area (Å²) in [7, 11) is -2.88. The zero-order valence-electron chi connectivity index (χ0n) is 18.0. The van der Waals surface area contributed by atoms with Crippen LogP contribution in [0.2, 0.25) is 0 Å². The first kappa shape index (κ1) is 24.0. The van der Waals surface area contributed by atoms with E-state index in [0.29, 0.717) is 42.1 Å². The van der Waals surface area contributed by atoms with Crippen molar-refractivity contribution in [3.8, 4) is 0 Å². The molecule has 3 saturated heterocycles. The van der Waals surface area contributed by atoms with Crippen molar-refractivity contribution < 1.29 is 21.6 Å². The monoisotopic (exact) mass is 487 g/mol. The summed E-state index contributed by atoms with van der Waals surface area (Å²) in [6.45, 7) is 1.81. The van der Waals surface area contributed by atoms with Crippen LogP contribution in [-0.4, -0.2) is 91.0 Å². The Kier molecular flexibility index (Phi) is 6.87. The van der Waals surface area contributed by atoms with E-state index in [1.807, 2.05) is 0 Å². The molecule has 4 rings (SSSR count). The number of halogens is 4. The Hall–Kier alpha value is -0.170. The maximum absolute atomic E-state index is 13.8. The average Bonchev–Trinajstić information content (AvgIpc) is 3.07. The molecular weight excluding hydrogens is 455 g/mol. The van der Waals surface area contributed by atoms with E-state index in [1.165, 1.54) is 0 Å². The molecule has 0 aromatic heterocycles. The third-order valence-corrected chi connectivity index (χ3v) is 9.22. The number of nitrogens with one attached hydrogen (secondary N) is 2. The first-order valence-corrected chi connectivity index (χ1v) is 13.4. The van der Waals surface area contributed by atoms with Crippen molar-refractivity contribution in [3.63, 3.8) is 0 Å². The smallest absolute Gasteiger partial charge is 0.299 e. The van der Waals surface area contributed by atoms with Gasteiger partial charge in [-0.1, -0.05) is 0 Å². The van der Waals surface area contributed by atoms with Gasteiger partial charge in [-0.05, 0) is 51.0 Å². The predicted molar refractivity (Wildman–Crippen MR) is 113 cm³/mol. The highest BCUT2D eigenvalue weighted by molar-refractivity contribution is 7.88. The van der Waals surface area contributed by atoms with E-state index >= 15 is 0 Å². The summed E-state index contributed by atoms with van der Waals surface area (Å²) in [6, 6.07) is -1.07. The minimum Gasteiger partial charge on any atom is -0.299 e. The molecule has 31 heavy (non-hydrogen) atoms. The van der Waals surface area contributed by atoms with Gasteiger partial charge in [0, 0.05) is 38.1 Å². The third kappa shape index (κ3) is 4.88. The molecular formula is C19H33ClF3N5O2S. The van der Waals surface area contributed by atoms with Gasteiger partial charge in [-0.2, -0.15) is 17.5 Å². The Balaban J connectivity index is 1.42. The summed E-state index contributed by atoms with van der Waals surface area (Å²) in [4.78, 5) is 2.49. The molecule has 5 atom stereocenters. The van der Waals surface area contributed by atoms with Gasteiger partial charge in [0.1, 0.15) is 6.04 Å². The Morgan fingerprint density at radius 3 is 2.42 bits per heavy atom. The molecule has 0 aromatic carbocycles. The molecule has 4 fully saturated rings. The van der Waals surface area contributed by atoms with E-state index < -0.39 is 28.2 Å². The Bertz CT molecular complexity index is 749. The van der Waals surface area contributed by atoms with Gasteiger partial charge in [0.05, 0.1) is 17.9 Å². The summed E-state index contributed by atoms with van der Waals surface area (Å²) < 4.78 is 65.5. The summed E-state index contributed by atoms with van der Waals surface area (Å²) in [6.07, 6.45) is 1.57. The van der Waals surface area contributed by atoms with Gasteiger partial charge in [0.25, 0.3) is 0 Å². The molecule has 0 spiro atoms. The van der Waals surface area contributed by atoms with Crippen molar-refractivity contribution in [2.45, 2.75) is 87.0 Å². The van der Waals surface area contributed by atoms with Crippen LogP contribution in [0.4, 0.5) is 13.2 Å².